The molecule has 0 N–H and O–H groups in total. The van der Waals surface area contributed by atoms with Crippen molar-refractivity contribution in [2.24, 2.45) is 0 Å². The van der Waals surface area contributed by atoms with Gasteiger partial charge in [0.05, 0.1) is 0 Å². The third kappa shape index (κ3) is 32.6. The fraction of sp³-hybridized carbons (Fsp3) is 0. The fourth-order valence-corrected chi connectivity index (χ4v) is 0. The van der Waals surface area contributed by atoms with Crippen LogP contribution in [0.4, 0.5) is 0 Å². The molecule has 0 aromatic heterocycles. The average Bonchev–Trinajstić information content (AvgIpc) is 1.46. The van der Waals surface area contributed by atoms with E-state index in [0.717, 1.165) is 0 Å². The topological polar surface area (TPSA) is 17.1 Å². The number of hydrogen-bond donors (Lipinski definition) is 0. The standard InChI is InChI=1S/2ClH.2Ni.O/h2*1H;;;/q;;;+2;/p-2. The summed E-state index contributed by atoms with van der Waals surface area (Å²) in [7, 11) is 9.40. The van der Waals surface area contributed by atoms with Crippen LogP contribution in [0.15, 0.2) is 0 Å². The Labute approximate surface area is 52.3 Å². The summed E-state index contributed by atoms with van der Waals surface area (Å²) in [5.41, 5.74) is 0. The molecule has 5 heavy (non-hydrogen) atoms. The van der Waals surface area contributed by atoms with Gasteiger partial charge in [-0.05, 0) is 0 Å². The van der Waals surface area contributed by atoms with Crippen molar-refractivity contribution in [3.63, 3.8) is 0 Å². The average molecular weight is 204 g/mol. The van der Waals surface area contributed by atoms with Crippen molar-refractivity contribution < 1.29 is 31.9 Å². The second-order valence-electron chi connectivity index (χ2n) is 0.0452. The van der Waals surface area contributed by atoms with Crippen LogP contribution in [0, 0.1) is 0 Å². The van der Waals surface area contributed by atoms with E-state index < -0.39 is 0 Å². The predicted molar refractivity (Wildman–Crippen MR) is 12.4 cm³/mol. The monoisotopic (exact) mass is 202 g/mol. The van der Waals surface area contributed by atoms with Gasteiger partial charge in [-0.1, -0.05) is 0 Å². The van der Waals surface area contributed by atoms with E-state index in [0.29, 0.717) is 12.7 Å². The molecule has 1 nitrogen and oxygen atoms in total. The van der Waals surface area contributed by atoms with Crippen LogP contribution in [0.25, 0.3) is 0 Å². The molecular weight excluding hydrogens is 204 g/mol. The third-order valence-electron chi connectivity index (χ3n) is 0. The van der Waals surface area contributed by atoms with Crippen LogP contribution >= 0.6 is 20.4 Å². The molecule has 0 amide bonds. The zero-order valence-electron chi connectivity index (χ0n) is 1.80. The Morgan fingerprint density at radius 1 is 1.40 bits per heavy atom. The molecule has 5 heteroatoms. The predicted octanol–water partition coefficient (Wildman–Crippen LogP) is 1.26. The maximum absolute atomic E-state index is 7.88. The molecule has 0 rings (SSSR count). The Kier molecular flexibility index (Phi) is 35.1. The van der Waals surface area contributed by atoms with Gasteiger partial charge in [-0.3, -0.25) is 0 Å². The van der Waals surface area contributed by atoms with E-state index in [1.165, 1.54) is 0 Å². The summed E-state index contributed by atoms with van der Waals surface area (Å²) in [4.78, 5) is 0. The Morgan fingerprint density at radius 3 is 1.40 bits per heavy atom. The van der Waals surface area contributed by atoms with E-state index in [9.17, 15) is 0 Å². The zero-order chi connectivity index (χ0) is 4.71. The summed E-state index contributed by atoms with van der Waals surface area (Å²) in [5, 5.41) is 0. The van der Waals surface area contributed by atoms with Gasteiger partial charge in [0.1, 0.15) is 0 Å². The second kappa shape index (κ2) is 18.3. The van der Waals surface area contributed by atoms with Gasteiger partial charge in [-0.15, -0.1) is 0 Å². The van der Waals surface area contributed by atoms with E-state index in [4.69, 9.17) is 24.3 Å². The molecule has 0 bridgehead atoms. The summed E-state index contributed by atoms with van der Waals surface area (Å²) in [6.07, 6.45) is 0. The molecule has 0 aromatic carbocycles. The van der Waals surface area contributed by atoms with Crippen LogP contribution in [0.2, 0.25) is 0 Å². The number of rotatable bonds is 0. The first-order valence-corrected chi connectivity index (χ1v) is 3.49. The summed E-state index contributed by atoms with van der Waals surface area (Å²) in [5.74, 6) is 0. The van der Waals surface area contributed by atoms with Crippen LogP contribution in [0.1, 0.15) is 0 Å². The van der Waals surface area contributed by atoms with Crippen molar-refractivity contribution in [2.45, 2.75) is 0 Å². The van der Waals surface area contributed by atoms with Gasteiger partial charge in [-0.25, -0.2) is 0 Å². The SMILES string of the molecule is [Cl][Ni][Cl].[O]=[Ni]. The molecule has 0 aromatic rings. The molecule has 0 unspecified atom stereocenters. The molecule has 0 fully saturated rings. The molecule has 0 aliphatic carbocycles. The Bertz CT molecular complexity index is 11.6. The molecule has 0 aliphatic heterocycles. The molecule has 0 aliphatic rings. The summed E-state index contributed by atoms with van der Waals surface area (Å²) in [6, 6.07) is 0. The minimum atomic E-state index is 0.569. The summed E-state index contributed by atoms with van der Waals surface area (Å²) in [6.45, 7) is 0. The molecule has 0 heterocycles. The van der Waals surface area contributed by atoms with Gasteiger partial charge in [0.2, 0.25) is 0 Å². The molecule has 0 saturated carbocycles. The normalized spacial score (nSPS) is 5.60. The van der Waals surface area contributed by atoms with Gasteiger partial charge in [0.25, 0.3) is 0 Å². The van der Waals surface area contributed by atoms with Crippen molar-refractivity contribution in [1.82, 2.24) is 0 Å². The molecule has 0 spiro atoms. The van der Waals surface area contributed by atoms with Gasteiger partial charge < -0.3 is 0 Å². The molecular formula is Cl2Ni2O. The Balaban J connectivity index is 0. The van der Waals surface area contributed by atoms with Gasteiger partial charge >= 0.3 is 52.3 Å². The van der Waals surface area contributed by atoms with Crippen LogP contribution < -0.4 is 0 Å². The summed E-state index contributed by atoms with van der Waals surface area (Å²) < 4.78 is 7.88. The fourth-order valence-electron chi connectivity index (χ4n) is 0. The molecule has 0 saturated heterocycles. The number of hydrogen-bond acceptors (Lipinski definition) is 1. The van der Waals surface area contributed by atoms with Crippen LogP contribution in [0.3, 0.4) is 0 Å². The van der Waals surface area contributed by atoms with E-state index in [1.54, 1.807) is 0 Å². The van der Waals surface area contributed by atoms with Gasteiger partial charge in [0, 0.05) is 0 Å². The van der Waals surface area contributed by atoms with Crippen molar-refractivity contribution in [3.05, 3.63) is 0 Å². The van der Waals surface area contributed by atoms with Crippen molar-refractivity contribution in [2.75, 3.05) is 0 Å². The van der Waals surface area contributed by atoms with Crippen LogP contribution in [-0.2, 0) is 31.9 Å². The maximum atomic E-state index is 7.88. The first-order valence-electron chi connectivity index (χ1n) is 0.368. The summed E-state index contributed by atoms with van der Waals surface area (Å²) >= 11 is 3.19. The van der Waals surface area contributed by atoms with Crippen molar-refractivity contribution in [3.8, 4) is 0 Å². The van der Waals surface area contributed by atoms with Crippen LogP contribution in [-0.4, -0.2) is 0 Å². The van der Waals surface area contributed by atoms with Crippen molar-refractivity contribution >= 4 is 20.4 Å². The number of halogens is 2. The van der Waals surface area contributed by atoms with E-state index in [-0.39, 0.29) is 0 Å². The van der Waals surface area contributed by atoms with Crippen LogP contribution in [0.5, 0.6) is 0 Å². The van der Waals surface area contributed by atoms with Gasteiger partial charge in [-0.2, -0.15) is 0 Å². The zero-order valence-corrected chi connectivity index (χ0v) is 5.28. The molecule has 0 atom stereocenters. The first kappa shape index (κ1) is 9.62. The Hall–Kier alpha value is 1.37. The third-order valence-corrected chi connectivity index (χ3v) is 0. The minimum absolute atomic E-state index is 0.569. The van der Waals surface area contributed by atoms with Crippen molar-refractivity contribution in [1.29, 1.82) is 0 Å². The quantitative estimate of drug-likeness (QED) is 0.543. The Morgan fingerprint density at radius 2 is 1.40 bits per heavy atom. The molecule has 0 radical (unpaired) electrons. The van der Waals surface area contributed by atoms with E-state index >= 15 is 0 Å². The van der Waals surface area contributed by atoms with Gasteiger partial charge in [0.15, 0.2) is 0 Å². The first-order chi connectivity index (χ1) is 2.41. The second-order valence-corrected chi connectivity index (χ2v) is 1.68. The van der Waals surface area contributed by atoms with E-state index in [1.807, 2.05) is 0 Å². The molecule has 40 valence electrons. The van der Waals surface area contributed by atoms with E-state index in [2.05, 4.69) is 15.4 Å².